The van der Waals surface area contributed by atoms with Crippen molar-refractivity contribution in [1.29, 1.82) is 0 Å². The third-order valence-corrected chi connectivity index (χ3v) is 3.84. The number of cyclic esters (lactones) is 1. The molecule has 0 radical (unpaired) electrons. The number of hydrogen-bond donors (Lipinski definition) is 2. The Hall–Kier alpha value is -3.61. The van der Waals surface area contributed by atoms with Gasteiger partial charge in [-0.3, -0.25) is 14.5 Å². The Morgan fingerprint density at radius 3 is 2.52 bits per heavy atom. The molecule has 1 aliphatic rings. The SMILES string of the molecule is CC(=O)Nc1ccc(/C=C/C(=O)Nc2cccc(N3CCOC3=O)c2)cc1. The minimum absolute atomic E-state index is 0.137. The minimum atomic E-state index is -0.388. The second-order valence-corrected chi connectivity index (χ2v) is 5.94. The van der Waals surface area contributed by atoms with Crippen LogP contribution in [0.15, 0.2) is 54.6 Å². The zero-order chi connectivity index (χ0) is 19.2. The molecule has 7 nitrogen and oxygen atoms in total. The first-order valence-corrected chi connectivity index (χ1v) is 8.42. The Kier molecular flexibility index (Phi) is 5.51. The van der Waals surface area contributed by atoms with Crippen LogP contribution >= 0.6 is 0 Å². The predicted octanol–water partition coefficient (Wildman–Crippen LogP) is 3.25. The van der Waals surface area contributed by atoms with Crippen LogP contribution in [0.1, 0.15) is 12.5 Å². The van der Waals surface area contributed by atoms with E-state index in [4.69, 9.17) is 4.74 Å². The number of nitrogens with zero attached hydrogens (tertiary/aromatic N) is 1. The van der Waals surface area contributed by atoms with Crippen LogP contribution in [-0.2, 0) is 14.3 Å². The molecule has 7 heteroatoms. The fourth-order valence-corrected chi connectivity index (χ4v) is 2.62. The third kappa shape index (κ3) is 4.94. The molecule has 1 saturated heterocycles. The molecule has 1 aliphatic heterocycles. The molecule has 0 aliphatic carbocycles. The monoisotopic (exact) mass is 365 g/mol. The number of carbonyl (C=O) groups is 3. The highest BCUT2D eigenvalue weighted by molar-refractivity contribution is 6.02. The van der Waals surface area contributed by atoms with Crippen LogP contribution in [-0.4, -0.2) is 31.1 Å². The number of benzene rings is 2. The van der Waals surface area contributed by atoms with E-state index in [9.17, 15) is 14.4 Å². The molecule has 3 rings (SSSR count). The molecule has 1 fully saturated rings. The van der Waals surface area contributed by atoms with Gasteiger partial charge in [0.05, 0.1) is 6.54 Å². The summed E-state index contributed by atoms with van der Waals surface area (Å²) in [5, 5.41) is 5.45. The van der Waals surface area contributed by atoms with Gasteiger partial charge < -0.3 is 15.4 Å². The number of amides is 3. The molecule has 2 aromatic carbocycles. The van der Waals surface area contributed by atoms with E-state index in [1.807, 2.05) is 0 Å². The third-order valence-electron chi connectivity index (χ3n) is 3.84. The van der Waals surface area contributed by atoms with Gasteiger partial charge in [-0.15, -0.1) is 0 Å². The van der Waals surface area contributed by atoms with E-state index in [0.29, 0.717) is 30.2 Å². The van der Waals surface area contributed by atoms with Crippen molar-refractivity contribution < 1.29 is 19.1 Å². The maximum absolute atomic E-state index is 12.1. The molecule has 138 valence electrons. The van der Waals surface area contributed by atoms with Crippen molar-refractivity contribution >= 4 is 41.0 Å². The fourth-order valence-electron chi connectivity index (χ4n) is 2.62. The lowest BCUT2D eigenvalue weighted by Crippen LogP contribution is -2.23. The van der Waals surface area contributed by atoms with Crippen LogP contribution in [0.5, 0.6) is 0 Å². The molecular formula is C20H19N3O4. The zero-order valence-corrected chi connectivity index (χ0v) is 14.8. The van der Waals surface area contributed by atoms with Crippen molar-refractivity contribution in [2.75, 3.05) is 28.7 Å². The summed E-state index contributed by atoms with van der Waals surface area (Å²) in [7, 11) is 0. The second kappa shape index (κ2) is 8.18. The van der Waals surface area contributed by atoms with Gasteiger partial charge >= 0.3 is 6.09 Å². The van der Waals surface area contributed by atoms with Crippen molar-refractivity contribution in [2.45, 2.75) is 6.92 Å². The molecular weight excluding hydrogens is 346 g/mol. The van der Waals surface area contributed by atoms with Crippen LogP contribution in [0.2, 0.25) is 0 Å². The average Bonchev–Trinajstić information content (AvgIpc) is 3.07. The molecule has 0 unspecified atom stereocenters. The minimum Gasteiger partial charge on any atom is -0.447 e. The van der Waals surface area contributed by atoms with Gasteiger partial charge in [0.15, 0.2) is 0 Å². The van der Waals surface area contributed by atoms with Gasteiger partial charge in [0, 0.05) is 30.1 Å². The lowest BCUT2D eigenvalue weighted by Gasteiger charge is -2.13. The smallest absolute Gasteiger partial charge is 0.414 e. The van der Waals surface area contributed by atoms with Crippen molar-refractivity contribution in [1.82, 2.24) is 0 Å². The van der Waals surface area contributed by atoms with E-state index in [1.165, 1.54) is 17.9 Å². The summed E-state index contributed by atoms with van der Waals surface area (Å²) < 4.78 is 4.92. The Bertz CT molecular complexity index is 890. The molecule has 1 heterocycles. The molecule has 2 aromatic rings. The van der Waals surface area contributed by atoms with Crippen molar-refractivity contribution in [2.24, 2.45) is 0 Å². The normalized spacial score (nSPS) is 13.5. The maximum atomic E-state index is 12.1. The van der Waals surface area contributed by atoms with E-state index >= 15 is 0 Å². The molecule has 0 aromatic heterocycles. The molecule has 2 N–H and O–H groups in total. The van der Waals surface area contributed by atoms with Crippen LogP contribution < -0.4 is 15.5 Å². The van der Waals surface area contributed by atoms with E-state index < -0.39 is 0 Å². The molecule has 0 spiro atoms. The lowest BCUT2D eigenvalue weighted by atomic mass is 10.2. The summed E-state index contributed by atoms with van der Waals surface area (Å²) in [4.78, 5) is 36.3. The van der Waals surface area contributed by atoms with E-state index in [-0.39, 0.29) is 17.9 Å². The van der Waals surface area contributed by atoms with E-state index in [1.54, 1.807) is 54.6 Å². The Balaban J connectivity index is 1.61. The number of carbonyl (C=O) groups excluding carboxylic acids is 3. The fraction of sp³-hybridized carbons (Fsp3) is 0.150. The van der Waals surface area contributed by atoms with Crippen LogP contribution in [0.3, 0.4) is 0 Å². The Morgan fingerprint density at radius 1 is 1.07 bits per heavy atom. The molecule has 27 heavy (non-hydrogen) atoms. The number of anilines is 3. The van der Waals surface area contributed by atoms with Gasteiger partial charge in [0.25, 0.3) is 0 Å². The van der Waals surface area contributed by atoms with Crippen molar-refractivity contribution in [3.63, 3.8) is 0 Å². The van der Waals surface area contributed by atoms with E-state index in [0.717, 1.165) is 5.56 Å². The molecule has 0 saturated carbocycles. The molecule has 0 atom stereocenters. The molecule has 3 amide bonds. The highest BCUT2D eigenvalue weighted by Crippen LogP contribution is 2.22. The standard InChI is InChI=1S/C20H19N3O4/c1-14(24)21-16-8-5-15(6-9-16)7-10-19(25)22-17-3-2-4-18(13-17)23-11-12-27-20(23)26/h2-10,13H,11-12H2,1H3,(H,21,24)(H,22,25)/b10-7+. The Labute approximate surface area is 156 Å². The van der Waals surface area contributed by atoms with Gasteiger partial charge in [0.1, 0.15) is 6.61 Å². The van der Waals surface area contributed by atoms with Crippen molar-refractivity contribution in [3.05, 3.63) is 60.2 Å². The largest absolute Gasteiger partial charge is 0.447 e. The first-order valence-electron chi connectivity index (χ1n) is 8.42. The zero-order valence-electron chi connectivity index (χ0n) is 14.8. The summed E-state index contributed by atoms with van der Waals surface area (Å²) in [5.74, 6) is -0.427. The Morgan fingerprint density at radius 2 is 1.85 bits per heavy atom. The van der Waals surface area contributed by atoms with Gasteiger partial charge in [-0.25, -0.2) is 4.79 Å². The number of rotatable bonds is 5. The highest BCUT2D eigenvalue weighted by Gasteiger charge is 2.23. The van der Waals surface area contributed by atoms with Gasteiger partial charge in [-0.2, -0.15) is 0 Å². The van der Waals surface area contributed by atoms with Crippen LogP contribution in [0.25, 0.3) is 6.08 Å². The molecule has 0 bridgehead atoms. The van der Waals surface area contributed by atoms with Gasteiger partial charge in [-0.1, -0.05) is 18.2 Å². The van der Waals surface area contributed by atoms with Crippen LogP contribution in [0, 0.1) is 0 Å². The predicted molar refractivity (Wildman–Crippen MR) is 104 cm³/mol. The summed E-state index contributed by atoms with van der Waals surface area (Å²) >= 11 is 0. The number of nitrogens with one attached hydrogen (secondary N) is 2. The summed E-state index contributed by atoms with van der Waals surface area (Å²) in [5.41, 5.74) is 2.78. The summed E-state index contributed by atoms with van der Waals surface area (Å²) in [6, 6.07) is 14.1. The quantitative estimate of drug-likeness (QED) is 0.796. The van der Waals surface area contributed by atoms with Gasteiger partial charge in [0.2, 0.25) is 11.8 Å². The van der Waals surface area contributed by atoms with Crippen molar-refractivity contribution in [3.8, 4) is 0 Å². The van der Waals surface area contributed by atoms with E-state index in [2.05, 4.69) is 10.6 Å². The van der Waals surface area contributed by atoms with Gasteiger partial charge in [-0.05, 0) is 42.0 Å². The lowest BCUT2D eigenvalue weighted by molar-refractivity contribution is -0.114. The highest BCUT2D eigenvalue weighted by atomic mass is 16.6. The summed E-state index contributed by atoms with van der Waals surface area (Å²) in [6.45, 7) is 2.29. The topological polar surface area (TPSA) is 87.7 Å². The maximum Gasteiger partial charge on any atom is 0.414 e. The second-order valence-electron chi connectivity index (χ2n) is 5.94. The van der Waals surface area contributed by atoms with Crippen LogP contribution in [0.4, 0.5) is 21.9 Å². The average molecular weight is 365 g/mol. The summed E-state index contributed by atoms with van der Waals surface area (Å²) in [6.07, 6.45) is 2.71. The first-order chi connectivity index (χ1) is 13.0. The number of ether oxygens (including phenoxy) is 1. The first kappa shape index (κ1) is 18.2. The number of hydrogen-bond acceptors (Lipinski definition) is 4.